The summed E-state index contributed by atoms with van der Waals surface area (Å²) in [4.78, 5) is 15.5. The van der Waals surface area contributed by atoms with Gasteiger partial charge >= 0.3 is 0 Å². The van der Waals surface area contributed by atoms with Crippen molar-refractivity contribution in [1.29, 1.82) is 0 Å². The molecule has 4 nitrogen and oxygen atoms in total. The maximum atomic E-state index is 13.2. The van der Waals surface area contributed by atoms with Crippen LogP contribution in [-0.4, -0.2) is 17.4 Å². The van der Waals surface area contributed by atoms with Gasteiger partial charge in [0.1, 0.15) is 22.9 Å². The van der Waals surface area contributed by atoms with E-state index in [2.05, 4.69) is 10.3 Å². The number of pyridine rings is 1. The van der Waals surface area contributed by atoms with Crippen LogP contribution in [0.2, 0.25) is 0 Å². The molecule has 1 aromatic carbocycles. The second-order valence-corrected chi connectivity index (χ2v) is 3.93. The molecule has 0 radical (unpaired) electrons. The molecular formula is C14H12F2N2O2. The Kier molecular flexibility index (Phi) is 4.24. The number of hydrogen-bond donors (Lipinski definition) is 1. The summed E-state index contributed by atoms with van der Waals surface area (Å²) in [5.41, 5.74) is -0.0453. The average molecular weight is 278 g/mol. The minimum atomic E-state index is -0.655. The number of aromatic nitrogens is 1. The molecule has 6 heteroatoms. The first kappa shape index (κ1) is 13.9. The summed E-state index contributed by atoms with van der Waals surface area (Å²) in [6.07, 6.45) is 0.928. The molecule has 1 aromatic heterocycles. The van der Waals surface area contributed by atoms with Crippen molar-refractivity contribution in [2.75, 3.05) is 6.54 Å². The Morgan fingerprint density at radius 3 is 2.80 bits per heavy atom. The topological polar surface area (TPSA) is 51.2 Å². The highest BCUT2D eigenvalue weighted by Gasteiger charge is 2.15. The third kappa shape index (κ3) is 3.28. The van der Waals surface area contributed by atoms with Crippen molar-refractivity contribution in [2.24, 2.45) is 0 Å². The van der Waals surface area contributed by atoms with E-state index in [1.807, 2.05) is 0 Å². The van der Waals surface area contributed by atoms with Crippen LogP contribution in [0.5, 0.6) is 11.6 Å². The third-order valence-corrected chi connectivity index (χ3v) is 2.41. The summed E-state index contributed by atoms with van der Waals surface area (Å²) in [6, 6.07) is 6.39. The van der Waals surface area contributed by atoms with E-state index < -0.39 is 17.5 Å². The van der Waals surface area contributed by atoms with Gasteiger partial charge in [-0.05, 0) is 25.1 Å². The second kappa shape index (κ2) is 6.10. The molecular weight excluding hydrogens is 266 g/mol. The number of nitrogens with zero attached hydrogens (tertiary/aromatic N) is 1. The highest BCUT2D eigenvalue weighted by molar-refractivity contribution is 5.96. The van der Waals surface area contributed by atoms with Gasteiger partial charge in [-0.1, -0.05) is 6.07 Å². The van der Waals surface area contributed by atoms with Crippen molar-refractivity contribution in [3.8, 4) is 11.6 Å². The van der Waals surface area contributed by atoms with Gasteiger partial charge in [0.25, 0.3) is 5.91 Å². The summed E-state index contributed by atoms with van der Waals surface area (Å²) in [7, 11) is 0. The molecule has 0 aliphatic carbocycles. The smallest absolute Gasteiger partial charge is 0.256 e. The van der Waals surface area contributed by atoms with E-state index in [9.17, 15) is 13.6 Å². The molecule has 1 N–H and O–H groups in total. The minimum Gasteiger partial charge on any atom is -0.438 e. The van der Waals surface area contributed by atoms with E-state index in [1.54, 1.807) is 6.92 Å². The zero-order chi connectivity index (χ0) is 14.5. The van der Waals surface area contributed by atoms with Gasteiger partial charge in [-0.15, -0.1) is 0 Å². The van der Waals surface area contributed by atoms with Gasteiger partial charge in [0.2, 0.25) is 5.88 Å². The molecule has 104 valence electrons. The summed E-state index contributed by atoms with van der Waals surface area (Å²) in [6.45, 7) is 2.12. The van der Waals surface area contributed by atoms with E-state index in [1.165, 1.54) is 18.2 Å². The number of benzene rings is 1. The van der Waals surface area contributed by atoms with E-state index in [0.717, 1.165) is 18.3 Å². The van der Waals surface area contributed by atoms with Gasteiger partial charge in [0.15, 0.2) is 0 Å². The van der Waals surface area contributed by atoms with Gasteiger partial charge in [-0.3, -0.25) is 4.79 Å². The molecule has 0 atom stereocenters. The predicted molar refractivity (Wildman–Crippen MR) is 68.7 cm³/mol. The van der Waals surface area contributed by atoms with Gasteiger partial charge < -0.3 is 10.1 Å². The predicted octanol–water partition coefficient (Wildman–Crippen LogP) is 2.90. The van der Waals surface area contributed by atoms with Crippen LogP contribution in [-0.2, 0) is 0 Å². The molecule has 0 aliphatic rings. The number of amides is 1. The standard InChI is InChI=1S/C14H12F2N2O2/c1-2-17-13(19)12-7-10(16)8-18-14(12)20-11-5-3-4-9(15)6-11/h3-8H,2H2,1H3,(H,17,19). The lowest BCUT2D eigenvalue weighted by atomic mass is 10.2. The number of rotatable bonds is 4. The lowest BCUT2D eigenvalue weighted by Crippen LogP contribution is -2.23. The highest BCUT2D eigenvalue weighted by Crippen LogP contribution is 2.24. The van der Waals surface area contributed by atoms with Crippen LogP contribution in [0.1, 0.15) is 17.3 Å². The molecule has 0 bridgehead atoms. The molecule has 2 aromatic rings. The molecule has 0 spiro atoms. The third-order valence-electron chi connectivity index (χ3n) is 2.41. The van der Waals surface area contributed by atoms with Crippen LogP contribution in [0.15, 0.2) is 36.5 Å². The Labute approximate surface area is 114 Å². The van der Waals surface area contributed by atoms with Crippen molar-refractivity contribution < 1.29 is 18.3 Å². The maximum absolute atomic E-state index is 13.2. The molecule has 0 saturated carbocycles. The van der Waals surface area contributed by atoms with Crippen molar-refractivity contribution >= 4 is 5.91 Å². The van der Waals surface area contributed by atoms with Crippen molar-refractivity contribution in [1.82, 2.24) is 10.3 Å². The summed E-state index contributed by atoms with van der Waals surface area (Å²) >= 11 is 0. The normalized spacial score (nSPS) is 10.2. The molecule has 2 rings (SSSR count). The lowest BCUT2D eigenvalue weighted by Gasteiger charge is -2.09. The Bertz CT molecular complexity index is 632. The Morgan fingerprint density at radius 1 is 1.30 bits per heavy atom. The molecule has 0 saturated heterocycles. The van der Waals surface area contributed by atoms with E-state index >= 15 is 0 Å². The van der Waals surface area contributed by atoms with Gasteiger partial charge in [0, 0.05) is 12.6 Å². The molecule has 1 amide bonds. The number of carbonyl (C=O) groups excluding carboxylic acids is 1. The van der Waals surface area contributed by atoms with E-state index in [4.69, 9.17) is 4.74 Å². The number of ether oxygens (including phenoxy) is 1. The summed E-state index contributed by atoms with van der Waals surface area (Å²) < 4.78 is 31.6. The monoisotopic (exact) mass is 278 g/mol. The summed E-state index contributed by atoms with van der Waals surface area (Å²) in [5.74, 6) is -1.55. The van der Waals surface area contributed by atoms with Gasteiger partial charge in [0.05, 0.1) is 6.20 Å². The molecule has 0 aliphatic heterocycles. The fourth-order valence-electron chi connectivity index (χ4n) is 1.57. The van der Waals surface area contributed by atoms with Crippen LogP contribution in [0, 0.1) is 11.6 Å². The highest BCUT2D eigenvalue weighted by atomic mass is 19.1. The average Bonchev–Trinajstić information content (AvgIpc) is 2.41. The Morgan fingerprint density at radius 2 is 2.10 bits per heavy atom. The SMILES string of the molecule is CCNC(=O)c1cc(F)cnc1Oc1cccc(F)c1. The number of carbonyl (C=O) groups is 1. The molecule has 0 fully saturated rings. The van der Waals surface area contributed by atoms with E-state index in [-0.39, 0.29) is 17.2 Å². The fraction of sp³-hybridized carbons (Fsp3) is 0.143. The fourth-order valence-corrected chi connectivity index (χ4v) is 1.57. The van der Waals surface area contributed by atoms with Crippen LogP contribution < -0.4 is 10.1 Å². The molecule has 0 unspecified atom stereocenters. The zero-order valence-electron chi connectivity index (χ0n) is 10.7. The van der Waals surface area contributed by atoms with Crippen LogP contribution in [0.25, 0.3) is 0 Å². The zero-order valence-corrected chi connectivity index (χ0v) is 10.7. The number of hydrogen-bond acceptors (Lipinski definition) is 3. The largest absolute Gasteiger partial charge is 0.438 e. The van der Waals surface area contributed by atoms with Crippen molar-refractivity contribution in [3.63, 3.8) is 0 Å². The van der Waals surface area contributed by atoms with Gasteiger partial charge in [-0.25, -0.2) is 13.8 Å². The molecule has 20 heavy (non-hydrogen) atoms. The number of halogens is 2. The quantitative estimate of drug-likeness (QED) is 0.935. The van der Waals surface area contributed by atoms with Crippen LogP contribution >= 0.6 is 0 Å². The van der Waals surface area contributed by atoms with E-state index in [0.29, 0.717) is 6.54 Å². The Hall–Kier alpha value is -2.50. The van der Waals surface area contributed by atoms with Crippen molar-refractivity contribution in [2.45, 2.75) is 6.92 Å². The molecule has 1 heterocycles. The summed E-state index contributed by atoms with van der Waals surface area (Å²) in [5, 5.41) is 2.53. The first-order valence-electron chi connectivity index (χ1n) is 5.97. The minimum absolute atomic E-state index is 0.0453. The maximum Gasteiger partial charge on any atom is 0.256 e. The van der Waals surface area contributed by atoms with Gasteiger partial charge in [-0.2, -0.15) is 0 Å². The lowest BCUT2D eigenvalue weighted by molar-refractivity contribution is 0.0952. The van der Waals surface area contributed by atoms with Crippen LogP contribution in [0.3, 0.4) is 0 Å². The second-order valence-electron chi connectivity index (χ2n) is 3.93. The Balaban J connectivity index is 2.33. The number of nitrogens with one attached hydrogen (secondary N) is 1. The van der Waals surface area contributed by atoms with Crippen molar-refractivity contribution in [3.05, 3.63) is 53.7 Å². The first-order valence-corrected chi connectivity index (χ1v) is 5.97. The van der Waals surface area contributed by atoms with Crippen LogP contribution in [0.4, 0.5) is 8.78 Å². The first-order chi connectivity index (χ1) is 9.60.